The summed E-state index contributed by atoms with van der Waals surface area (Å²) in [6.45, 7) is 5.93. The van der Waals surface area contributed by atoms with Crippen molar-refractivity contribution in [2.24, 2.45) is 5.41 Å². The van der Waals surface area contributed by atoms with Gasteiger partial charge in [0.25, 0.3) is 0 Å². The van der Waals surface area contributed by atoms with Crippen molar-refractivity contribution >= 4 is 0 Å². The fraction of sp³-hybridized carbons (Fsp3) is 1.00. The number of ether oxygens (including phenoxy) is 1. The largest absolute Gasteiger partial charge is 0.378 e. The topological polar surface area (TPSA) is 24.5 Å². The van der Waals surface area contributed by atoms with Crippen LogP contribution in [-0.2, 0) is 4.74 Å². The fourth-order valence-electron chi connectivity index (χ4n) is 4.20. The number of nitrogens with zero attached hydrogens (tertiary/aromatic N) is 1. The van der Waals surface area contributed by atoms with E-state index in [1.807, 2.05) is 0 Å². The van der Waals surface area contributed by atoms with E-state index < -0.39 is 0 Å². The first-order valence-electron chi connectivity index (χ1n) is 6.86. The molecule has 2 spiro atoms. The first-order chi connectivity index (χ1) is 7.79. The van der Waals surface area contributed by atoms with Crippen molar-refractivity contribution in [3.05, 3.63) is 0 Å². The zero-order valence-corrected chi connectivity index (χ0v) is 10.0. The van der Waals surface area contributed by atoms with Crippen LogP contribution in [0.4, 0.5) is 0 Å². The lowest BCUT2D eigenvalue weighted by Gasteiger charge is -2.62. The van der Waals surface area contributed by atoms with Gasteiger partial charge in [0.1, 0.15) is 0 Å². The van der Waals surface area contributed by atoms with Gasteiger partial charge in [-0.3, -0.25) is 4.90 Å². The van der Waals surface area contributed by atoms with Gasteiger partial charge >= 0.3 is 0 Å². The minimum absolute atomic E-state index is 0.570. The Kier molecular flexibility index (Phi) is 1.98. The lowest BCUT2D eigenvalue weighted by molar-refractivity contribution is -0.151. The second-order valence-corrected chi connectivity index (χ2v) is 6.58. The Bertz CT molecular complexity index is 290. The van der Waals surface area contributed by atoms with Gasteiger partial charge in [-0.25, -0.2) is 0 Å². The summed E-state index contributed by atoms with van der Waals surface area (Å²) < 4.78 is 5.29. The highest BCUT2D eigenvalue weighted by atomic mass is 16.5. The zero-order valence-electron chi connectivity index (χ0n) is 10.0. The van der Waals surface area contributed by atoms with E-state index in [1.54, 1.807) is 0 Å². The van der Waals surface area contributed by atoms with E-state index in [0.717, 1.165) is 19.3 Å². The summed E-state index contributed by atoms with van der Waals surface area (Å²) in [7, 11) is 0. The summed E-state index contributed by atoms with van der Waals surface area (Å²) >= 11 is 0. The van der Waals surface area contributed by atoms with Crippen molar-refractivity contribution in [2.75, 3.05) is 32.8 Å². The molecule has 4 fully saturated rings. The Morgan fingerprint density at radius 2 is 1.94 bits per heavy atom. The molecule has 16 heavy (non-hydrogen) atoms. The van der Waals surface area contributed by atoms with Crippen LogP contribution in [0, 0.1) is 5.41 Å². The molecular formula is C13H22N2O. The SMILES string of the molecule is C1CC2(C1)CC1(CCN2)CN(C2COC2)C1. The van der Waals surface area contributed by atoms with Gasteiger partial charge in [0.05, 0.1) is 19.3 Å². The monoisotopic (exact) mass is 222 g/mol. The van der Waals surface area contributed by atoms with Gasteiger partial charge in [-0.15, -0.1) is 0 Å². The van der Waals surface area contributed by atoms with E-state index in [4.69, 9.17) is 4.74 Å². The van der Waals surface area contributed by atoms with Crippen LogP contribution in [0.15, 0.2) is 0 Å². The molecule has 3 aliphatic heterocycles. The van der Waals surface area contributed by atoms with Crippen LogP contribution in [-0.4, -0.2) is 49.3 Å². The minimum Gasteiger partial charge on any atom is -0.378 e. The smallest absolute Gasteiger partial charge is 0.0645 e. The maximum atomic E-state index is 5.29. The van der Waals surface area contributed by atoms with E-state index >= 15 is 0 Å². The fourth-order valence-corrected chi connectivity index (χ4v) is 4.20. The van der Waals surface area contributed by atoms with Gasteiger partial charge < -0.3 is 10.1 Å². The second kappa shape index (κ2) is 3.21. The van der Waals surface area contributed by atoms with Crippen LogP contribution >= 0.6 is 0 Å². The standard InChI is InChI=1S/C13H22N2O/c1-2-13(3-1)8-12(4-5-14-13)9-15(10-12)11-6-16-7-11/h11,14H,1-10H2. The van der Waals surface area contributed by atoms with Crippen molar-refractivity contribution in [1.82, 2.24) is 10.2 Å². The van der Waals surface area contributed by atoms with Crippen molar-refractivity contribution < 1.29 is 4.74 Å². The first kappa shape index (κ1) is 9.86. The predicted octanol–water partition coefficient (Wildman–Crippen LogP) is 0.993. The van der Waals surface area contributed by atoms with Gasteiger partial charge in [0.15, 0.2) is 0 Å². The lowest BCUT2D eigenvalue weighted by atomic mass is 9.59. The molecule has 0 atom stereocenters. The summed E-state index contributed by atoms with van der Waals surface area (Å²) in [6.07, 6.45) is 7.16. The molecule has 0 aromatic heterocycles. The molecule has 1 N–H and O–H groups in total. The molecule has 0 aromatic rings. The van der Waals surface area contributed by atoms with E-state index in [2.05, 4.69) is 10.2 Å². The molecule has 3 nitrogen and oxygen atoms in total. The molecule has 0 bridgehead atoms. The van der Waals surface area contributed by atoms with Crippen molar-refractivity contribution in [2.45, 2.75) is 43.7 Å². The lowest BCUT2D eigenvalue weighted by Crippen LogP contribution is -2.70. The van der Waals surface area contributed by atoms with Crippen LogP contribution in [0.25, 0.3) is 0 Å². The van der Waals surface area contributed by atoms with Crippen molar-refractivity contribution in [3.8, 4) is 0 Å². The molecule has 3 heteroatoms. The molecule has 3 saturated heterocycles. The molecule has 4 aliphatic rings. The van der Waals surface area contributed by atoms with E-state index in [0.29, 0.717) is 11.0 Å². The van der Waals surface area contributed by atoms with Gasteiger partial charge in [0.2, 0.25) is 0 Å². The number of rotatable bonds is 1. The third-order valence-electron chi connectivity index (χ3n) is 5.39. The minimum atomic E-state index is 0.570. The Labute approximate surface area is 97.5 Å². The summed E-state index contributed by atoms with van der Waals surface area (Å²) in [4.78, 5) is 2.65. The number of nitrogens with one attached hydrogen (secondary N) is 1. The highest BCUT2D eigenvalue weighted by molar-refractivity contribution is 5.10. The molecule has 0 unspecified atom stereocenters. The normalized spacial score (nSPS) is 36.8. The van der Waals surface area contributed by atoms with Crippen LogP contribution in [0.3, 0.4) is 0 Å². The van der Waals surface area contributed by atoms with Crippen LogP contribution < -0.4 is 5.32 Å². The van der Waals surface area contributed by atoms with Crippen LogP contribution in [0.1, 0.15) is 32.1 Å². The number of piperidine rings is 1. The number of hydrogen-bond acceptors (Lipinski definition) is 3. The van der Waals surface area contributed by atoms with Gasteiger partial charge in [0, 0.05) is 18.6 Å². The first-order valence-corrected chi connectivity index (χ1v) is 6.86. The van der Waals surface area contributed by atoms with E-state index in [9.17, 15) is 0 Å². The Morgan fingerprint density at radius 1 is 1.12 bits per heavy atom. The van der Waals surface area contributed by atoms with Crippen molar-refractivity contribution in [1.29, 1.82) is 0 Å². The van der Waals surface area contributed by atoms with Crippen molar-refractivity contribution in [3.63, 3.8) is 0 Å². The summed E-state index contributed by atoms with van der Waals surface area (Å²) in [5.41, 5.74) is 1.25. The Morgan fingerprint density at radius 3 is 2.50 bits per heavy atom. The second-order valence-electron chi connectivity index (χ2n) is 6.58. The molecule has 0 amide bonds. The highest BCUT2D eigenvalue weighted by Gasteiger charge is 2.54. The maximum absolute atomic E-state index is 5.29. The summed E-state index contributed by atoms with van der Waals surface area (Å²) in [6, 6.07) is 0.762. The molecular weight excluding hydrogens is 200 g/mol. The average molecular weight is 222 g/mol. The van der Waals surface area contributed by atoms with E-state index in [1.165, 1.54) is 51.7 Å². The number of likely N-dealkylation sites (tertiary alicyclic amines) is 1. The van der Waals surface area contributed by atoms with Gasteiger partial charge in [-0.05, 0) is 44.1 Å². The van der Waals surface area contributed by atoms with Crippen LogP contribution in [0.2, 0.25) is 0 Å². The third-order valence-corrected chi connectivity index (χ3v) is 5.39. The quantitative estimate of drug-likeness (QED) is 0.716. The van der Waals surface area contributed by atoms with E-state index in [-0.39, 0.29) is 0 Å². The molecule has 3 heterocycles. The molecule has 0 aromatic carbocycles. The Balaban J connectivity index is 1.40. The highest BCUT2D eigenvalue weighted by Crippen LogP contribution is 2.50. The molecule has 1 aliphatic carbocycles. The third kappa shape index (κ3) is 1.31. The summed E-state index contributed by atoms with van der Waals surface area (Å²) in [5.74, 6) is 0. The molecule has 90 valence electrons. The predicted molar refractivity (Wildman–Crippen MR) is 62.4 cm³/mol. The Hall–Kier alpha value is -0.120. The summed E-state index contributed by atoms with van der Waals surface area (Å²) in [5, 5.41) is 3.78. The van der Waals surface area contributed by atoms with Gasteiger partial charge in [-0.1, -0.05) is 0 Å². The molecule has 1 saturated carbocycles. The van der Waals surface area contributed by atoms with Crippen LogP contribution in [0.5, 0.6) is 0 Å². The molecule has 4 rings (SSSR count). The average Bonchev–Trinajstić information content (AvgIpc) is 2.11. The maximum Gasteiger partial charge on any atom is 0.0645 e. The zero-order chi connectivity index (χ0) is 10.6. The molecule has 0 radical (unpaired) electrons. The van der Waals surface area contributed by atoms with Gasteiger partial charge in [-0.2, -0.15) is 0 Å². The number of hydrogen-bond donors (Lipinski definition) is 1.